The van der Waals surface area contributed by atoms with E-state index in [0.717, 1.165) is 25.6 Å². The second kappa shape index (κ2) is 8.90. The van der Waals surface area contributed by atoms with Gasteiger partial charge in [-0.15, -0.1) is 0 Å². The fraction of sp³-hybridized carbons (Fsp3) is 1.00. The lowest BCUT2D eigenvalue weighted by Crippen LogP contribution is -2.46. The van der Waals surface area contributed by atoms with E-state index in [9.17, 15) is 0 Å². The summed E-state index contributed by atoms with van der Waals surface area (Å²) in [4.78, 5) is 2.72. The first-order valence-electron chi connectivity index (χ1n) is 8.06. The Kier molecular flexibility index (Phi) is 7.14. The predicted molar refractivity (Wildman–Crippen MR) is 77.4 cm³/mol. The van der Waals surface area contributed by atoms with Crippen molar-refractivity contribution in [3.05, 3.63) is 0 Å². The summed E-state index contributed by atoms with van der Waals surface area (Å²) in [6.07, 6.45) is 9.39. The molecule has 1 aliphatic heterocycles. The molecule has 0 aromatic carbocycles. The monoisotopic (exact) mass is 270 g/mol. The van der Waals surface area contributed by atoms with Gasteiger partial charge in [-0.3, -0.25) is 0 Å². The fourth-order valence-electron chi connectivity index (χ4n) is 3.39. The largest absolute Gasteiger partial charge is 0.394 e. The highest BCUT2D eigenvalue weighted by Crippen LogP contribution is 2.26. The van der Waals surface area contributed by atoms with E-state index in [4.69, 9.17) is 9.84 Å². The number of aliphatic hydroxyl groups excluding tert-OH is 1. The Morgan fingerprint density at radius 2 is 1.79 bits per heavy atom. The average molecular weight is 270 g/mol. The van der Waals surface area contributed by atoms with Crippen LogP contribution in [0.15, 0.2) is 0 Å². The number of rotatable bonds is 8. The van der Waals surface area contributed by atoms with E-state index in [2.05, 4.69) is 10.2 Å². The summed E-state index contributed by atoms with van der Waals surface area (Å²) >= 11 is 0. The maximum Gasteiger partial charge on any atom is 0.0697 e. The molecule has 19 heavy (non-hydrogen) atoms. The fourth-order valence-corrected chi connectivity index (χ4v) is 3.39. The van der Waals surface area contributed by atoms with E-state index in [1.54, 1.807) is 0 Å². The molecule has 0 unspecified atom stereocenters. The summed E-state index contributed by atoms with van der Waals surface area (Å²) in [6, 6.07) is 1.60. The molecule has 2 rings (SSSR count). The van der Waals surface area contributed by atoms with Crippen LogP contribution in [-0.2, 0) is 4.74 Å². The number of likely N-dealkylation sites (tertiary alicyclic amines) is 1. The van der Waals surface area contributed by atoms with Gasteiger partial charge in [0, 0.05) is 18.7 Å². The first-order chi connectivity index (χ1) is 9.40. The van der Waals surface area contributed by atoms with Crippen LogP contribution >= 0.6 is 0 Å². The minimum Gasteiger partial charge on any atom is -0.394 e. The Bertz CT molecular complexity index is 224. The summed E-state index contributed by atoms with van der Waals surface area (Å²) in [5.74, 6) is 0. The molecule has 4 nitrogen and oxygen atoms in total. The van der Waals surface area contributed by atoms with Gasteiger partial charge in [-0.2, -0.15) is 0 Å². The molecule has 0 amide bonds. The maximum atomic E-state index is 8.60. The second-order valence-electron chi connectivity index (χ2n) is 5.89. The average Bonchev–Trinajstić information content (AvgIpc) is 2.97. The highest BCUT2D eigenvalue weighted by atomic mass is 16.5. The number of hydrogen-bond acceptors (Lipinski definition) is 4. The third-order valence-corrected chi connectivity index (χ3v) is 4.50. The van der Waals surface area contributed by atoms with Gasteiger partial charge in [0.15, 0.2) is 0 Å². The minimum atomic E-state index is 0.132. The van der Waals surface area contributed by atoms with Gasteiger partial charge in [-0.05, 0) is 51.7 Å². The van der Waals surface area contributed by atoms with Crippen molar-refractivity contribution < 1.29 is 9.84 Å². The topological polar surface area (TPSA) is 44.7 Å². The number of hydrogen-bond donors (Lipinski definition) is 2. The Morgan fingerprint density at radius 1 is 1.05 bits per heavy atom. The van der Waals surface area contributed by atoms with Crippen molar-refractivity contribution in [3.63, 3.8) is 0 Å². The van der Waals surface area contributed by atoms with Gasteiger partial charge in [-0.1, -0.05) is 12.8 Å². The van der Waals surface area contributed by atoms with Crippen LogP contribution in [0.3, 0.4) is 0 Å². The molecule has 1 saturated heterocycles. The van der Waals surface area contributed by atoms with Gasteiger partial charge in [-0.25, -0.2) is 0 Å². The van der Waals surface area contributed by atoms with Crippen LogP contribution in [0.2, 0.25) is 0 Å². The molecular formula is C15H30N2O2. The summed E-state index contributed by atoms with van der Waals surface area (Å²) in [5.41, 5.74) is 0. The van der Waals surface area contributed by atoms with Gasteiger partial charge in [0.05, 0.1) is 13.2 Å². The van der Waals surface area contributed by atoms with E-state index in [0.29, 0.717) is 12.6 Å². The predicted octanol–water partition coefficient (Wildman–Crippen LogP) is 1.38. The molecule has 1 saturated carbocycles. The van der Waals surface area contributed by atoms with Crippen molar-refractivity contribution in [2.24, 2.45) is 0 Å². The van der Waals surface area contributed by atoms with Crippen LogP contribution in [0.25, 0.3) is 0 Å². The highest BCUT2D eigenvalue weighted by molar-refractivity contribution is 4.84. The molecule has 2 aliphatic rings. The molecule has 112 valence electrons. The van der Waals surface area contributed by atoms with Gasteiger partial charge >= 0.3 is 0 Å². The molecule has 2 fully saturated rings. The highest BCUT2D eigenvalue weighted by Gasteiger charge is 2.26. The lowest BCUT2D eigenvalue weighted by Gasteiger charge is -2.36. The molecular weight excluding hydrogens is 240 g/mol. The molecule has 0 aromatic rings. The summed E-state index contributed by atoms with van der Waals surface area (Å²) in [5, 5.41) is 12.2. The molecule has 0 atom stereocenters. The first kappa shape index (κ1) is 15.2. The second-order valence-corrected chi connectivity index (χ2v) is 5.89. The molecule has 0 radical (unpaired) electrons. The van der Waals surface area contributed by atoms with Crippen LogP contribution in [-0.4, -0.2) is 61.5 Å². The number of nitrogens with zero attached hydrogens (tertiary/aromatic N) is 1. The molecule has 0 aromatic heterocycles. The van der Waals surface area contributed by atoms with Gasteiger partial charge in [0.1, 0.15) is 0 Å². The van der Waals surface area contributed by atoms with Gasteiger partial charge in [0.2, 0.25) is 0 Å². The van der Waals surface area contributed by atoms with Crippen molar-refractivity contribution in [3.8, 4) is 0 Å². The van der Waals surface area contributed by atoms with E-state index >= 15 is 0 Å². The Hall–Kier alpha value is -0.160. The van der Waals surface area contributed by atoms with Gasteiger partial charge < -0.3 is 20.1 Å². The van der Waals surface area contributed by atoms with Gasteiger partial charge in [0.25, 0.3) is 0 Å². The van der Waals surface area contributed by atoms with E-state index < -0.39 is 0 Å². The van der Waals surface area contributed by atoms with Crippen molar-refractivity contribution in [1.29, 1.82) is 0 Å². The summed E-state index contributed by atoms with van der Waals surface area (Å²) in [7, 11) is 0. The number of piperidine rings is 1. The van der Waals surface area contributed by atoms with E-state index in [1.165, 1.54) is 51.6 Å². The van der Waals surface area contributed by atoms with Crippen molar-refractivity contribution in [2.45, 2.75) is 57.0 Å². The lowest BCUT2D eigenvalue weighted by molar-refractivity contribution is 0.0892. The Morgan fingerprint density at radius 3 is 2.47 bits per heavy atom. The smallest absolute Gasteiger partial charge is 0.0697 e. The molecule has 2 N–H and O–H groups in total. The quantitative estimate of drug-likeness (QED) is 0.654. The van der Waals surface area contributed by atoms with E-state index in [1.807, 2.05) is 0 Å². The Labute approximate surface area is 117 Å². The lowest BCUT2D eigenvalue weighted by atomic mass is 10.0. The molecule has 1 heterocycles. The van der Waals surface area contributed by atoms with E-state index in [-0.39, 0.29) is 6.61 Å². The van der Waals surface area contributed by atoms with Crippen LogP contribution in [0.5, 0.6) is 0 Å². The third-order valence-electron chi connectivity index (χ3n) is 4.50. The summed E-state index contributed by atoms with van der Waals surface area (Å²) < 4.78 is 5.26. The normalized spacial score (nSPS) is 23.2. The van der Waals surface area contributed by atoms with Crippen LogP contribution < -0.4 is 5.32 Å². The SMILES string of the molecule is OCCOCCCNC1CCN(C2CCCC2)CC1. The maximum absolute atomic E-state index is 8.60. The van der Waals surface area contributed by atoms with Crippen LogP contribution in [0, 0.1) is 0 Å². The molecule has 1 aliphatic carbocycles. The Balaban J connectivity index is 1.49. The standard InChI is InChI=1S/C15H30N2O2/c18-11-13-19-12-3-8-16-14-6-9-17(10-7-14)15-4-1-2-5-15/h14-16,18H,1-13H2. The van der Waals surface area contributed by atoms with Crippen molar-refractivity contribution >= 4 is 0 Å². The zero-order chi connectivity index (χ0) is 13.3. The van der Waals surface area contributed by atoms with Crippen molar-refractivity contribution in [2.75, 3.05) is 39.5 Å². The first-order valence-corrected chi connectivity index (χ1v) is 8.06. The molecule has 0 bridgehead atoms. The molecule has 4 heteroatoms. The number of nitrogens with one attached hydrogen (secondary N) is 1. The summed E-state index contributed by atoms with van der Waals surface area (Å²) in [6.45, 7) is 4.97. The van der Waals surface area contributed by atoms with Crippen LogP contribution in [0.4, 0.5) is 0 Å². The molecule has 0 spiro atoms. The number of ether oxygens (including phenoxy) is 1. The van der Waals surface area contributed by atoms with Crippen molar-refractivity contribution in [1.82, 2.24) is 10.2 Å². The van der Waals surface area contributed by atoms with Crippen LogP contribution in [0.1, 0.15) is 44.9 Å². The minimum absolute atomic E-state index is 0.132. The number of aliphatic hydroxyl groups is 1. The zero-order valence-corrected chi connectivity index (χ0v) is 12.1. The zero-order valence-electron chi connectivity index (χ0n) is 12.1. The third kappa shape index (κ3) is 5.38.